The van der Waals surface area contributed by atoms with Crippen molar-refractivity contribution in [2.24, 2.45) is 4.36 Å². The molecule has 1 fully saturated rings. The van der Waals surface area contributed by atoms with Crippen molar-refractivity contribution < 1.29 is 8.63 Å². The topological polar surface area (TPSA) is 51.5 Å². The lowest BCUT2D eigenvalue weighted by Crippen LogP contribution is -2.44. The lowest BCUT2D eigenvalue weighted by molar-refractivity contribution is 0.477. The van der Waals surface area contributed by atoms with Crippen molar-refractivity contribution in [2.75, 3.05) is 11.5 Å². The van der Waals surface area contributed by atoms with Crippen LogP contribution >= 0.6 is 0 Å². The number of hydrogen-bond donors (Lipinski definition) is 0. The fourth-order valence-corrected chi connectivity index (χ4v) is 3.93. The predicted octanol–water partition coefficient (Wildman–Crippen LogP) is 3.97. The second-order valence-corrected chi connectivity index (χ2v) is 14.1. The molecule has 1 aromatic rings. The van der Waals surface area contributed by atoms with E-state index in [1.54, 1.807) is 6.07 Å². The van der Waals surface area contributed by atoms with Gasteiger partial charge in [0.1, 0.15) is 0 Å². The van der Waals surface area contributed by atoms with E-state index in [4.69, 9.17) is 4.43 Å². The normalized spacial score (nSPS) is 18.2. The molecule has 2 heterocycles. The third-order valence-corrected chi connectivity index (χ3v) is 10.8. The minimum atomic E-state index is -2.01. The van der Waals surface area contributed by atoms with Crippen molar-refractivity contribution in [1.29, 1.82) is 0 Å². The summed E-state index contributed by atoms with van der Waals surface area (Å²) < 4.78 is 22.6. The van der Waals surface area contributed by atoms with E-state index in [1.165, 1.54) is 0 Å². The molecule has 2 rings (SSSR count). The van der Waals surface area contributed by atoms with Crippen LogP contribution in [0, 0.1) is 0 Å². The Kier molecular flexibility index (Phi) is 3.99. The first kappa shape index (κ1) is 15.5. The Bertz CT molecular complexity index is 604. The Morgan fingerprint density at radius 3 is 2.45 bits per heavy atom. The van der Waals surface area contributed by atoms with Gasteiger partial charge in [0.15, 0.2) is 5.82 Å². The highest BCUT2D eigenvalue weighted by Gasteiger charge is 2.39. The lowest BCUT2D eigenvalue weighted by Gasteiger charge is -2.35. The van der Waals surface area contributed by atoms with Crippen molar-refractivity contribution >= 4 is 23.9 Å². The summed E-state index contributed by atoms with van der Waals surface area (Å²) in [6.07, 6.45) is 1.00. The number of rotatable bonds is 3. The highest BCUT2D eigenvalue weighted by atomic mass is 32.2. The summed E-state index contributed by atoms with van der Waals surface area (Å²) in [6, 6.07) is 5.52. The first-order chi connectivity index (χ1) is 9.11. The average molecular weight is 313 g/mol. The quantitative estimate of drug-likeness (QED) is 0.794. The fraction of sp³-hybridized carbons (Fsp3) is 0.643. The highest BCUT2D eigenvalue weighted by Crippen LogP contribution is 2.37. The first-order valence-electron chi connectivity index (χ1n) is 7.00. The van der Waals surface area contributed by atoms with E-state index < -0.39 is 18.0 Å². The number of aromatic nitrogens is 1. The Morgan fingerprint density at radius 2 is 1.95 bits per heavy atom. The second-order valence-electron chi connectivity index (χ2n) is 6.82. The maximum absolute atomic E-state index is 12.1. The van der Waals surface area contributed by atoms with E-state index in [0.717, 1.165) is 6.42 Å². The molecule has 1 saturated heterocycles. The molecular formula is C14H24N2O2SSi. The van der Waals surface area contributed by atoms with Gasteiger partial charge in [0.05, 0.1) is 9.73 Å². The molecule has 1 aliphatic heterocycles. The van der Waals surface area contributed by atoms with Crippen LogP contribution in [0.3, 0.4) is 0 Å². The average Bonchev–Trinajstić information content (AvgIpc) is 2.25. The molecule has 0 unspecified atom stereocenters. The zero-order chi connectivity index (χ0) is 15.0. The zero-order valence-corrected chi connectivity index (χ0v) is 14.8. The molecule has 6 heteroatoms. The molecule has 0 saturated carbocycles. The van der Waals surface area contributed by atoms with Gasteiger partial charge in [-0.1, -0.05) is 26.8 Å². The third-order valence-electron chi connectivity index (χ3n) is 4.06. The molecule has 20 heavy (non-hydrogen) atoms. The van der Waals surface area contributed by atoms with Gasteiger partial charge in [-0.25, -0.2) is 4.21 Å². The smallest absolute Gasteiger partial charge is 0.252 e. The summed E-state index contributed by atoms with van der Waals surface area (Å²) in [5.74, 6) is 2.52. The largest absolute Gasteiger partial charge is 0.531 e. The van der Waals surface area contributed by atoms with E-state index in [9.17, 15) is 4.21 Å². The summed E-state index contributed by atoms with van der Waals surface area (Å²) >= 11 is 0. The minimum Gasteiger partial charge on any atom is -0.531 e. The molecule has 0 amide bonds. The van der Waals surface area contributed by atoms with Gasteiger partial charge in [0.25, 0.3) is 8.32 Å². The van der Waals surface area contributed by atoms with Gasteiger partial charge in [-0.15, -0.1) is 0 Å². The van der Waals surface area contributed by atoms with Crippen molar-refractivity contribution in [3.63, 3.8) is 0 Å². The maximum Gasteiger partial charge on any atom is 0.252 e. The summed E-state index contributed by atoms with van der Waals surface area (Å²) in [7, 11) is -3.91. The number of nitrogens with zero attached hydrogens (tertiary/aromatic N) is 2. The van der Waals surface area contributed by atoms with Gasteiger partial charge >= 0.3 is 0 Å². The third kappa shape index (κ3) is 3.41. The van der Waals surface area contributed by atoms with Gasteiger partial charge in [0, 0.05) is 11.5 Å². The summed E-state index contributed by atoms with van der Waals surface area (Å²) in [6.45, 7) is 10.9. The summed E-state index contributed by atoms with van der Waals surface area (Å²) in [5, 5.41) is 0.126. The molecule has 0 bridgehead atoms. The van der Waals surface area contributed by atoms with Crippen LogP contribution in [-0.4, -0.2) is 29.0 Å². The van der Waals surface area contributed by atoms with E-state index in [1.807, 2.05) is 12.1 Å². The van der Waals surface area contributed by atoms with Gasteiger partial charge in [-0.05, 0) is 36.7 Å². The molecule has 0 radical (unpaired) electrons. The van der Waals surface area contributed by atoms with Crippen LogP contribution in [0.1, 0.15) is 27.2 Å². The van der Waals surface area contributed by atoms with Crippen LogP contribution < -0.4 is 4.43 Å². The number of pyridine rings is 1. The Labute approximate surface area is 123 Å². The van der Waals surface area contributed by atoms with Crippen LogP contribution in [0.2, 0.25) is 18.1 Å². The highest BCUT2D eigenvalue weighted by molar-refractivity contribution is 7.95. The van der Waals surface area contributed by atoms with Crippen LogP contribution in [0.5, 0.6) is 5.88 Å². The monoisotopic (exact) mass is 312 g/mol. The number of hydrogen-bond acceptors (Lipinski definition) is 4. The zero-order valence-electron chi connectivity index (χ0n) is 13.0. The molecule has 1 aromatic heterocycles. The predicted molar refractivity (Wildman–Crippen MR) is 86.6 cm³/mol. The lowest BCUT2D eigenvalue weighted by atomic mass is 10.2. The van der Waals surface area contributed by atoms with Crippen LogP contribution in [0.4, 0.5) is 5.82 Å². The SMILES string of the molecule is CC(C)(C)[Si](C)(C)Oc1cccc(N=S2(=O)CCC2)n1. The van der Waals surface area contributed by atoms with Gasteiger partial charge in [-0.3, -0.25) is 0 Å². The molecule has 4 nitrogen and oxygen atoms in total. The Morgan fingerprint density at radius 1 is 1.30 bits per heavy atom. The molecule has 0 spiro atoms. The van der Waals surface area contributed by atoms with Gasteiger partial charge in [0.2, 0.25) is 5.88 Å². The van der Waals surface area contributed by atoms with E-state index >= 15 is 0 Å². The summed E-state index contributed by atoms with van der Waals surface area (Å²) in [5.41, 5.74) is 0. The Balaban J connectivity index is 2.23. The molecule has 0 aliphatic carbocycles. The molecular weight excluding hydrogens is 288 g/mol. The van der Waals surface area contributed by atoms with Crippen molar-refractivity contribution in [2.45, 2.75) is 45.3 Å². The molecule has 0 aromatic carbocycles. The van der Waals surface area contributed by atoms with Crippen LogP contribution in [-0.2, 0) is 9.73 Å². The van der Waals surface area contributed by atoms with Crippen LogP contribution in [0.25, 0.3) is 0 Å². The van der Waals surface area contributed by atoms with E-state index in [-0.39, 0.29) is 5.04 Å². The van der Waals surface area contributed by atoms with Crippen molar-refractivity contribution in [1.82, 2.24) is 4.98 Å². The Hall–Kier alpha value is -0.883. The maximum atomic E-state index is 12.1. The molecule has 1 aliphatic rings. The second kappa shape index (κ2) is 5.15. The van der Waals surface area contributed by atoms with E-state index in [0.29, 0.717) is 23.2 Å². The first-order valence-corrected chi connectivity index (χ1v) is 11.8. The summed E-state index contributed by atoms with van der Waals surface area (Å²) in [4.78, 5) is 4.41. The van der Waals surface area contributed by atoms with Crippen molar-refractivity contribution in [3.8, 4) is 5.88 Å². The standard InChI is InChI=1S/C14H24N2O2SSi/c1-14(2,3)20(4,5)18-13-9-6-8-12(15-13)16-19(17)10-7-11-19/h6,8-9H,7,10-11H2,1-5H3. The molecule has 0 atom stereocenters. The van der Waals surface area contributed by atoms with Crippen LogP contribution in [0.15, 0.2) is 22.6 Å². The minimum absolute atomic E-state index is 0.126. The van der Waals surface area contributed by atoms with Gasteiger partial charge in [-0.2, -0.15) is 9.35 Å². The van der Waals surface area contributed by atoms with Gasteiger partial charge < -0.3 is 4.43 Å². The molecule has 112 valence electrons. The van der Waals surface area contributed by atoms with Crippen molar-refractivity contribution in [3.05, 3.63) is 18.2 Å². The molecule has 0 N–H and O–H groups in total. The van der Waals surface area contributed by atoms with E-state index in [2.05, 4.69) is 43.2 Å². The fourth-order valence-electron chi connectivity index (χ4n) is 1.58.